The van der Waals surface area contributed by atoms with Crippen LogP contribution in [0.1, 0.15) is 11.1 Å². The van der Waals surface area contributed by atoms with Crippen molar-refractivity contribution >= 4 is 21.6 Å². The van der Waals surface area contributed by atoms with E-state index in [4.69, 9.17) is 11.6 Å². The maximum Gasteiger partial charge on any atom is 0.240 e. The van der Waals surface area contributed by atoms with Crippen LogP contribution in [0.25, 0.3) is 0 Å². The summed E-state index contributed by atoms with van der Waals surface area (Å²) in [6, 6.07) is 11.3. The summed E-state index contributed by atoms with van der Waals surface area (Å²) in [7, 11) is -2.08. The number of sulfonamides is 1. The Morgan fingerprint density at radius 3 is 2.41 bits per heavy atom. The van der Waals surface area contributed by atoms with Crippen molar-refractivity contribution < 1.29 is 12.8 Å². The predicted molar refractivity (Wildman–Crippen MR) is 84.6 cm³/mol. The van der Waals surface area contributed by atoms with Crippen molar-refractivity contribution in [2.75, 3.05) is 7.05 Å². The van der Waals surface area contributed by atoms with Crippen molar-refractivity contribution in [2.45, 2.75) is 18.0 Å². The van der Waals surface area contributed by atoms with E-state index in [1.807, 2.05) is 6.07 Å². The highest BCUT2D eigenvalue weighted by atomic mass is 35.5. The molecule has 7 heteroatoms. The molecule has 2 rings (SSSR count). The van der Waals surface area contributed by atoms with Crippen molar-refractivity contribution in [3.63, 3.8) is 0 Å². The first kappa shape index (κ1) is 16.9. The Labute approximate surface area is 134 Å². The highest BCUT2D eigenvalue weighted by Gasteiger charge is 2.11. The van der Waals surface area contributed by atoms with E-state index in [2.05, 4.69) is 10.0 Å². The largest absolute Gasteiger partial charge is 0.309 e. The molecule has 0 saturated carbocycles. The highest BCUT2D eigenvalue weighted by Crippen LogP contribution is 2.16. The first-order valence-electron chi connectivity index (χ1n) is 6.59. The quantitative estimate of drug-likeness (QED) is 0.848. The fraction of sp³-hybridized carbons (Fsp3) is 0.200. The predicted octanol–water partition coefficient (Wildman–Crippen LogP) is 2.68. The third-order valence-corrected chi connectivity index (χ3v) is 4.84. The molecule has 0 aliphatic carbocycles. The summed E-state index contributed by atoms with van der Waals surface area (Å²) in [6.45, 7) is 0.925. The van der Waals surface area contributed by atoms with E-state index in [0.29, 0.717) is 13.1 Å². The summed E-state index contributed by atoms with van der Waals surface area (Å²) in [5.74, 6) is -0.455. The first-order valence-corrected chi connectivity index (χ1v) is 8.45. The van der Waals surface area contributed by atoms with Crippen molar-refractivity contribution in [1.29, 1.82) is 0 Å². The zero-order valence-corrected chi connectivity index (χ0v) is 13.5. The minimum atomic E-state index is -3.45. The molecule has 2 aromatic carbocycles. The summed E-state index contributed by atoms with van der Waals surface area (Å²) in [6.07, 6.45) is 0. The Balaban J connectivity index is 2.00. The summed E-state index contributed by atoms with van der Waals surface area (Å²) in [5.41, 5.74) is 1.59. The molecular formula is C15H16ClFN2O2S. The van der Waals surface area contributed by atoms with Crippen LogP contribution in [0.15, 0.2) is 47.4 Å². The number of hydrogen-bond donors (Lipinski definition) is 2. The molecule has 0 bridgehead atoms. The average Bonchev–Trinajstić information content (AvgIpc) is 2.51. The van der Waals surface area contributed by atoms with Crippen LogP contribution in [0.3, 0.4) is 0 Å². The van der Waals surface area contributed by atoms with E-state index >= 15 is 0 Å². The minimum Gasteiger partial charge on any atom is -0.309 e. The van der Waals surface area contributed by atoms with Gasteiger partial charge in [-0.05, 0) is 42.4 Å². The third kappa shape index (κ3) is 4.27. The average molecular weight is 343 g/mol. The highest BCUT2D eigenvalue weighted by molar-refractivity contribution is 7.89. The molecule has 0 aliphatic heterocycles. The van der Waals surface area contributed by atoms with Gasteiger partial charge in [0, 0.05) is 13.1 Å². The summed E-state index contributed by atoms with van der Waals surface area (Å²) in [5, 5.41) is 3.23. The van der Waals surface area contributed by atoms with Gasteiger partial charge < -0.3 is 5.32 Å². The van der Waals surface area contributed by atoms with Crippen LogP contribution in [0.4, 0.5) is 4.39 Å². The smallest absolute Gasteiger partial charge is 0.240 e. The molecule has 0 fully saturated rings. The van der Waals surface area contributed by atoms with E-state index in [0.717, 1.165) is 11.1 Å². The van der Waals surface area contributed by atoms with Gasteiger partial charge in [0.15, 0.2) is 0 Å². The van der Waals surface area contributed by atoms with Crippen LogP contribution < -0.4 is 10.0 Å². The lowest BCUT2D eigenvalue weighted by molar-refractivity contribution is 0.587. The van der Waals surface area contributed by atoms with Gasteiger partial charge in [-0.1, -0.05) is 29.8 Å². The molecule has 2 N–H and O–H groups in total. The molecular weight excluding hydrogens is 327 g/mol. The Morgan fingerprint density at radius 2 is 1.77 bits per heavy atom. The van der Waals surface area contributed by atoms with E-state index in [9.17, 15) is 12.8 Å². The Bertz CT molecular complexity index is 766. The summed E-state index contributed by atoms with van der Waals surface area (Å²) < 4.78 is 39.1. The van der Waals surface area contributed by atoms with Crippen molar-refractivity contribution in [3.8, 4) is 0 Å². The van der Waals surface area contributed by atoms with Gasteiger partial charge in [0.1, 0.15) is 5.82 Å². The van der Waals surface area contributed by atoms with Crippen molar-refractivity contribution in [2.24, 2.45) is 0 Å². The summed E-state index contributed by atoms with van der Waals surface area (Å²) in [4.78, 5) is 0.215. The van der Waals surface area contributed by atoms with Crippen molar-refractivity contribution in [1.82, 2.24) is 10.0 Å². The molecule has 0 atom stereocenters. The maximum absolute atomic E-state index is 13.3. The van der Waals surface area contributed by atoms with Crippen LogP contribution in [-0.2, 0) is 23.1 Å². The molecule has 0 heterocycles. The van der Waals surface area contributed by atoms with Crippen LogP contribution >= 0.6 is 11.6 Å². The molecule has 2 aromatic rings. The number of nitrogens with one attached hydrogen (secondary N) is 2. The van der Waals surface area contributed by atoms with Crippen LogP contribution in [0.2, 0.25) is 5.02 Å². The molecule has 0 amide bonds. The Kier molecular flexibility index (Phi) is 5.52. The lowest BCUT2D eigenvalue weighted by Gasteiger charge is -2.08. The molecule has 118 valence electrons. The second-order valence-corrected chi connectivity index (χ2v) is 7.00. The van der Waals surface area contributed by atoms with Crippen LogP contribution in [0.5, 0.6) is 0 Å². The second-order valence-electron chi connectivity index (χ2n) is 4.71. The molecule has 0 unspecified atom stereocenters. The van der Waals surface area contributed by atoms with Crippen molar-refractivity contribution in [3.05, 3.63) is 64.4 Å². The molecule has 4 nitrogen and oxygen atoms in total. The number of benzene rings is 2. The van der Waals surface area contributed by atoms with E-state index in [1.54, 1.807) is 18.2 Å². The minimum absolute atomic E-state index is 0.0914. The first-order chi connectivity index (χ1) is 10.4. The summed E-state index contributed by atoms with van der Waals surface area (Å²) >= 11 is 5.63. The lowest BCUT2D eigenvalue weighted by atomic mass is 10.2. The number of hydrogen-bond acceptors (Lipinski definition) is 3. The molecule has 0 aromatic heterocycles. The topological polar surface area (TPSA) is 58.2 Å². The lowest BCUT2D eigenvalue weighted by Crippen LogP contribution is -2.19. The van der Waals surface area contributed by atoms with Gasteiger partial charge in [-0.25, -0.2) is 17.5 Å². The van der Waals surface area contributed by atoms with E-state index in [-0.39, 0.29) is 9.92 Å². The Hall–Kier alpha value is -1.47. The van der Waals surface area contributed by atoms with E-state index < -0.39 is 15.8 Å². The fourth-order valence-electron chi connectivity index (χ4n) is 1.94. The second kappa shape index (κ2) is 7.19. The number of halogens is 2. The van der Waals surface area contributed by atoms with Gasteiger partial charge >= 0.3 is 0 Å². The molecule has 0 aliphatic rings. The molecule has 0 radical (unpaired) electrons. The maximum atomic E-state index is 13.3. The third-order valence-electron chi connectivity index (χ3n) is 3.12. The van der Waals surface area contributed by atoms with Gasteiger partial charge in [-0.3, -0.25) is 0 Å². The zero-order valence-electron chi connectivity index (χ0n) is 11.9. The Morgan fingerprint density at radius 1 is 1.09 bits per heavy atom. The van der Waals surface area contributed by atoms with Gasteiger partial charge in [-0.2, -0.15) is 0 Å². The molecule has 0 spiro atoms. The van der Waals surface area contributed by atoms with Crippen LogP contribution in [0, 0.1) is 5.82 Å². The fourth-order valence-corrected chi connectivity index (χ4v) is 2.86. The monoisotopic (exact) mass is 342 g/mol. The molecule has 22 heavy (non-hydrogen) atoms. The van der Waals surface area contributed by atoms with Gasteiger partial charge in [0.25, 0.3) is 0 Å². The zero-order chi connectivity index (χ0) is 16.2. The SMILES string of the molecule is CNS(=O)(=O)c1cccc(CNCc2ccc(Cl)c(F)c2)c1. The van der Waals surface area contributed by atoms with Gasteiger partial charge in [-0.15, -0.1) is 0 Å². The molecule has 0 saturated heterocycles. The van der Waals surface area contributed by atoms with Crippen LogP contribution in [-0.4, -0.2) is 15.5 Å². The standard InChI is InChI=1S/C15H16ClFN2O2S/c1-18-22(20,21)13-4-2-3-11(7-13)9-19-10-12-5-6-14(16)15(17)8-12/h2-8,18-19H,9-10H2,1H3. The van der Waals surface area contributed by atoms with E-state index in [1.165, 1.54) is 25.2 Å². The van der Waals surface area contributed by atoms with Gasteiger partial charge in [0.05, 0.1) is 9.92 Å². The van der Waals surface area contributed by atoms with Gasteiger partial charge in [0.2, 0.25) is 10.0 Å². The number of rotatable bonds is 6. The normalized spacial score (nSPS) is 11.6.